The Hall–Kier alpha value is -3.35. The first-order valence-electron chi connectivity index (χ1n) is 12.5. The molecule has 2 aliphatic rings. The number of hydrogen-bond acceptors (Lipinski definition) is 4. The van der Waals surface area contributed by atoms with E-state index in [0.717, 1.165) is 35.1 Å². The zero-order valence-electron chi connectivity index (χ0n) is 20.5. The number of hydrogen-bond donors (Lipinski definition) is 2. The van der Waals surface area contributed by atoms with Crippen molar-refractivity contribution in [3.8, 4) is 11.1 Å². The Morgan fingerprint density at radius 2 is 1.71 bits per heavy atom. The molecule has 0 spiro atoms. The molecular weight excluding hydrogens is 444 g/mol. The van der Waals surface area contributed by atoms with Gasteiger partial charge in [0.25, 0.3) is 0 Å². The summed E-state index contributed by atoms with van der Waals surface area (Å²) in [6, 6.07) is 16.2. The quantitative estimate of drug-likeness (QED) is 0.532. The fourth-order valence-corrected chi connectivity index (χ4v) is 5.59. The van der Waals surface area contributed by atoms with E-state index in [-0.39, 0.29) is 30.9 Å². The van der Waals surface area contributed by atoms with Gasteiger partial charge in [-0.25, -0.2) is 4.79 Å². The average Bonchev–Trinajstić information content (AvgIpc) is 3.43. The molecule has 1 fully saturated rings. The number of carbonyl (C=O) groups excluding carboxylic acids is 2. The fourth-order valence-electron chi connectivity index (χ4n) is 5.59. The Bertz CT molecular complexity index is 1050. The molecule has 1 saturated heterocycles. The van der Waals surface area contributed by atoms with Crippen molar-refractivity contribution in [1.82, 2.24) is 10.2 Å². The molecule has 7 nitrogen and oxygen atoms in total. The van der Waals surface area contributed by atoms with Gasteiger partial charge in [0.1, 0.15) is 12.1 Å². The van der Waals surface area contributed by atoms with Crippen molar-refractivity contribution in [3.63, 3.8) is 0 Å². The number of carboxylic acid groups (broad SMARTS) is 1. The molecule has 4 rings (SSSR count). The van der Waals surface area contributed by atoms with E-state index in [1.165, 1.54) is 0 Å². The largest absolute Gasteiger partial charge is 0.481 e. The number of amides is 2. The highest BCUT2D eigenvalue weighted by Crippen LogP contribution is 2.44. The Kier molecular flexibility index (Phi) is 7.43. The number of alkyl carbamates (subject to hydrolysis) is 1. The SMILES string of the molecule is CCCC(C)(NC(=O)OCC1c2ccccc2-c2ccccc21)C(=O)N1CCCC1CCC(=O)O. The molecule has 2 unspecified atom stereocenters. The summed E-state index contributed by atoms with van der Waals surface area (Å²) in [4.78, 5) is 39.3. The van der Waals surface area contributed by atoms with Crippen LogP contribution in [-0.4, -0.2) is 52.7 Å². The molecule has 35 heavy (non-hydrogen) atoms. The van der Waals surface area contributed by atoms with E-state index in [1.807, 2.05) is 31.2 Å². The molecule has 2 aromatic rings. The number of carboxylic acids is 1. The van der Waals surface area contributed by atoms with Crippen molar-refractivity contribution in [2.45, 2.75) is 69.9 Å². The van der Waals surface area contributed by atoms with Gasteiger partial charge in [-0.15, -0.1) is 0 Å². The smallest absolute Gasteiger partial charge is 0.408 e. The zero-order valence-corrected chi connectivity index (χ0v) is 20.5. The van der Waals surface area contributed by atoms with Gasteiger partial charge in [-0.1, -0.05) is 61.9 Å². The van der Waals surface area contributed by atoms with Crippen LogP contribution in [0.3, 0.4) is 0 Å². The number of benzene rings is 2. The summed E-state index contributed by atoms with van der Waals surface area (Å²) in [7, 11) is 0. The van der Waals surface area contributed by atoms with E-state index in [9.17, 15) is 14.4 Å². The highest BCUT2D eigenvalue weighted by atomic mass is 16.5. The second-order valence-corrected chi connectivity index (χ2v) is 9.76. The van der Waals surface area contributed by atoms with Gasteiger partial charge in [0.15, 0.2) is 0 Å². The molecule has 7 heteroatoms. The molecular formula is C28H34N2O5. The minimum Gasteiger partial charge on any atom is -0.481 e. The lowest BCUT2D eigenvalue weighted by atomic mass is 9.93. The molecule has 1 heterocycles. The van der Waals surface area contributed by atoms with Crippen molar-refractivity contribution < 1.29 is 24.2 Å². The lowest BCUT2D eigenvalue weighted by Gasteiger charge is -2.36. The Morgan fingerprint density at radius 3 is 2.31 bits per heavy atom. The topological polar surface area (TPSA) is 95.9 Å². The maximum Gasteiger partial charge on any atom is 0.408 e. The summed E-state index contributed by atoms with van der Waals surface area (Å²) in [5, 5.41) is 11.9. The summed E-state index contributed by atoms with van der Waals surface area (Å²) in [5.41, 5.74) is 3.47. The van der Waals surface area contributed by atoms with Crippen LogP contribution < -0.4 is 5.32 Å². The molecule has 2 atom stereocenters. The van der Waals surface area contributed by atoms with E-state index in [0.29, 0.717) is 25.8 Å². The van der Waals surface area contributed by atoms with Crippen LogP contribution in [0.2, 0.25) is 0 Å². The summed E-state index contributed by atoms with van der Waals surface area (Å²) >= 11 is 0. The second-order valence-electron chi connectivity index (χ2n) is 9.76. The van der Waals surface area contributed by atoms with Crippen LogP contribution >= 0.6 is 0 Å². The van der Waals surface area contributed by atoms with Crippen LogP contribution in [0.25, 0.3) is 11.1 Å². The maximum atomic E-state index is 13.5. The van der Waals surface area contributed by atoms with Gasteiger partial charge in [0.2, 0.25) is 5.91 Å². The molecule has 2 aromatic carbocycles. The van der Waals surface area contributed by atoms with Crippen LogP contribution in [0.1, 0.15) is 69.4 Å². The standard InChI is InChI=1S/C28H34N2O5/c1-3-16-28(2,26(33)30-17-8-9-19(30)14-15-25(31)32)29-27(34)35-18-24-22-12-6-4-10-20(22)21-11-5-7-13-23(21)24/h4-7,10-13,19,24H,3,8-9,14-18H2,1-2H3,(H,29,34)(H,31,32). The normalized spacial score (nSPS) is 18.5. The maximum absolute atomic E-state index is 13.5. The summed E-state index contributed by atoms with van der Waals surface area (Å²) < 4.78 is 5.70. The van der Waals surface area contributed by atoms with Crippen LogP contribution in [0.15, 0.2) is 48.5 Å². The summed E-state index contributed by atoms with van der Waals surface area (Å²) in [6.45, 7) is 4.47. The zero-order chi connectivity index (χ0) is 25.0. The van der Waals surface area contributed by atoms with Gasteiger partial charge in [-0.3, -0.25) is 9.59 Å². The van der Waals surface area contributed by atoms with Crippen molar-refractivity contribution in [3.05, 3.63) is 59.7 Å². The van der Waals surface area contributed by atoms with E-state index < -0.39 is 17.6 Å². The molecule has 1 aliphatic heterocycles. The van der Waals surface area contributed by atoms with Crippen LogP contribution in [-0.2, 0) is 14.3 Å². The predicted octanol–water partition coefficient (Wildman–Crippen LogP) is 4.94. The number of ether oxygens (including phenoxy) is 1. The third-order valence-corrected chi connectivity index (χ3v) is 7.27. The summed E-state index contributed by atoms with van der Waals surface area (Å²) in [6.07, 6.45) is 2.64. The van der Waals surface area contributed by atoms with E-state index in [2.05, 4.69) is 29.6 Å². The minimum atomic E-state index is -1.11. The highest BCUT2D eigenvalue weighted by molar-refractivity contribution is 5.90. The third-order valence-electron chi connectivity index (χ3n) is 7.27. The number of aliphatic carboxylic acids is 1. The number of fused-ring (bicyclic) bond motifs is 3. The Morgan fingerprint density at radius 1 is 1.09 bits per heavy atom. The number of rotatable bonds is 9. The molecule has 0 bridgehead atoms. The first kappa shape index (κ1) is 24.8. The lowest BCUT2D eigenvalue weighted by molar-refractivity contribution is -0.141. The Balaban J connectivity index is 1.44. The van der Waals surface area contributed by atoms with Crippen molar-refractivity contribution in [1.29, 1.82) is 0 Å². The molecule has 186 valence electrons. The monoisotopic (exact) mass is 478 g/mol. The number of likely N-dealkylation sites (tertiary alicyclic amines) is 1. The first-order chi connectivity index (χ1) is 16.8. The highest BCUT2D eigenvalue weighted by Gasteiger charge is 2.42. The predicted molar refractivity (Wildman–Crippen MR) is 133 cm³/mol. The molecule has 2 amide bonds. The summed E-state index contributed by atoms with van der Waals surface area (Å²) in [5.74, 6) is -1.08. The van der Waals surface area contributed by atoms with Gasteiger partial charge < -0.3 is 20.1 Å². The molecule has 1 aliphatic carbocycles. The van der Waals surface area contributed by atoms with Crippen LogP contribution in [0, 0.1) is 0 Å². The van der Waals surface area contributed by atoms with Gasteiger partial charge in [0.05, 0.1) is 0 Å². The van der Waals surface area contributed by atoms with E-state index >= 15 is 0 Å². The Labute approximate surface area is 206 Å². The van der Waals surface area contributed by atoms with Crippen LogP contribution in [0.4, 0.5) is 4.79 Å². The molecule has 2 N–H and O–H groups in total. The number of carbonyl (C=O) groups is 3. The van der Waals surface area contributed by atoms with Crippen molar-refractivity contribution in [2.24, 2.45) is 0 Å². The average molecular weight is 479 g/mol. The second kappa shape index (κ2) is 10.5. The van der Waals surface area contributed by atoms with Gasteiger partial charge in [-0.2, -0.15) is 0 Å². The number of nitrogens with one attached hydrogen (secondary N) is 1. The fraction of sp³-hybridized carbons (Fsp3) is 0.464. The van der Waals surface area contributed by atoms with Crippen molar-refractivity contribution >= 4 is 18.0 Å². The van der Waals surface area contributed by atoms with Crippen LogP contribution in [0.5, 0.6) is 0 Å². The first-order valence-corrected chi connectivity index (χ1v) is 12.5. The van der Waals surface area contributed by atoms with Crippen molar-refractivity contribution in [2.75, 3.05) is 13.2 Å². The molecule has 0 aromatic heterocycles. The van der Waals surface area contributed by atoms with E-state index in [4.69, 9.17) is 9.84 Å². The molecule has 0 radical (unpaired) electrons. The number of nitrogens with zero attached hydrogens (tertiary/aromatic N) is 1. The minimum absolute atomic E-state index is 0.0265. The third kappa shape index (κ3) is 5.19. The lowest BCUT2D eigenvalue weighted by Crippen LogP contribution is -2.58. The van der Waals surface area contributed by atoms with Gasteiger partial charge in [0, 0.05) is 24.9 Å². The van der Waals surface area contributed by atoms with E-state index in [1.54, 1.807) is 11.8 Å². The molecule has 0 saturated carbocycles. The van der Waals surface area contributed by atoms with Gasteiger partial charge >= 0.3 is 12.1 Å². The van der Waals surface area contributed by atoms with Gasteiger partial charge in [-0.05, 0) is 54.9 Å².